The van der Waals surface area contributed by atoms with Gasteiger partial charge in [0.25, 0.3) is 0 Å². The summed E-state index contributed by atoms with van der Waals surface area (Å²) < 4.78 is 5.36. The fourth-order valence-electron chi connectivity index (χ4n) is 2.21. The second-order valence-electron chi connectivity index (χ2n) is 5.49. The van der Waals surface area contributed by atoms with Crippen molar-refractivity contribution in [1.29, 1.82) is 0 Å². The van der Waals surface area contributed by atoms with Crippen molar-refractivity contribution in [2.75, 3.05) is 14.2 Å². The zero-order valence-electron chi connectivity index (χ0n) is 13.1. The zero-order chi connectivity index (χ0) is 15.1. The lowest BCUT2D eigenvalue weighted by Crippen LogP contribution is -2.43. The Morgan fingerprint density at radius 1 is 1.35 bits per heavy atom. The highest BCUT2D eigenvalue weighted by atomic mass is 16.5. The van der Waals surface area contributed by atoms with Crippen molar-refractivity contribution in [2.24, 2.45) is 5.92 Å². The Balaban J connectivity index is 2.76. The molecule has 0 bridgehead atoms. The molecule has 0 fully saturated rings. The van der Waals surface area contributed by atoms with Gasteiger partial charge in [-0.3, -0.25) is 4.79 Å². The van der Waals surface area contributed by atoms with E-state index in [2.05, 4.69) is 30.5 Å². The van der Waals surface area contributed by atoms with Gasteiger partial charge in [-0.15, -0.1) is 0 Å². The van der Waals surface area contributed by atoms with E-state index in [0.717, 1.165) is 17.7 Å². The normalized spacial score (nSPS) is 12.3. The molecule has 0 saturated carbocycles. The van der Waals surface area contributed by atoms with Crippen LogP contribution in [0.5, 0.6) is 5.75 Å². The third-order valence-electron chi connectivity index (χ3n) is 3.24. The average Bonchev–Trinajstić information content (AvgIpc) is 2.42. The molecular formula is C16H26N2O2. The van der Waals surface area contributed by atoms with Gasteiger partial charge in [-0.1, -0.05) is 31.5 Å². The number of likely N-dealkylation sites (N-methyl/N-ethyl adjacent to an activating group) is 1. The first-order valence-electron chi connectivity index (χ1n) is 7.06. The molecule has 0 radical (unpaired) electrons. The SMILES string of the molecule is CNC(=O)C(CC(C)C)NCc1cc(C)ccc1OC. The summed E-state index contributed by atoms with van der Waals surface area (Å²) in [6.07, 6.45) is 0.813. The van der Waals surface area contributed by atoms with Gasteiger partial charge in [0.2, 0.25) is 5.91 Å². The van der Waals surface area contributed by atoms with Gasteiger partial charge in [0.1, 0.15) is 5.75 Å². The maximum Gasteiger partial charge on any atom is 0.236 e. The van der Waals surface area contributed by atoms with Crippen LogP contribution in [-0.2, 0) is 11.3 Å². The highest BCUT2D eigenvalue weighted by molar-refractivity contribution is 5.81. The number of nitrogens with one attached hydrogen (secondary N) is 2. The Kier molecular flexibility index (Phi) is 6.52. The molecule has 4 nitrogen and oxygen atoms in total. The van der Waals surface area contributed by atoms with E-state index < -0.39 is 0 Å². The molecule has 0 aromatic heterocycles. The van der Waals surface area contributed by atoms with Crippen molar-refractivity contribution in [1.82, 2.24) is 10.6 Å². The van der Waals surface area contributed by atoms with E-state index in [4.69, 9.17) is 4.74 Å². The fraction of sp³-hybridized carbons (Fsp3) is 0.562. The first-order valence-corrected chi connectivity index (χ1v) is 7.06. The standard InChI is InChI=1S/C16H26N2O2/c1-11(2)8-14(16(19)17-4)18-10-13-9-12(3)6-7-15(13)20-5/h6-7,9,11,14,18H,8,10H2,1-5H3,(H,17,19). The molecule has 1 rings (SSSR count). The summed E-state index contributed by atoms with van der Waals surface area (Å²) in [5.74, 6) is 1.35. The third-order valence-corrected chi connectivity index (χ3v) is 3.24. The molecule has 1 amide bonds. The van der Waals surface area contributed by atoms with Gasteiger partial charge < -0.3 is 15.4 Å². The topological polar surface area (TPSA) is 50.4 Å². The van der Waals surface area contributed by atoms with Crippen molar-refractivity contribution >= 4 is 5.91 Å². The lowest BCUT2D eigenvalue weighted by atomic mass is 10.0. The number of benzene rings is 1. The van der Waals surface area contributed by atoms with Gasteiger partial charge >= 0.3 is 0 Å². The predicted molar refractivity (Wildman–Crippen MR) is 81.9 cm³/mol. The number of ether oxygens (including phenoxy) is 1. The number of rotatable bonds is 7. The van der Waals surface area contributed by atoms with E-state index in [0.29, 0.717) is 12.5 Å². The summed E-state index contributed by atoms with van der Waals surface area (Å²) in [5, 5.41) is 6.04. The largest absolute Gasteiger partial charge is 0.496 e. The number of carbonyl (C=O) groups excluding carboxylic acids is 1. The molecule has 0 aliphatic rings. The van der Waals surface area contributed by atoms with Crippen molar-refractivity contribution in [2.45, 2.75) is 39.8 Å². The summed E-state index contributed by atoms with van der Waals surface area (Å²) in [4.78, 5) is 11.9. The van der Waals surface area contributed by atoms with Crippen LogP contribution in [0.1, 0.15) is 31.4 Å². The van der Waals surface area contributed by atoms with Crippen LogP contribution in [0.4, 0.5) is 0 Å². The summed E-state index contributed by atoms with van der Waals surface area (Å²) in [5.41, 5.74) is 2.26. The minimum absolute atomic E-state index is 0.0327. The Bertz CT molecular complexity index is 444. The molecule has 112 valence electrons. The summed E-state index contributed by atoms with van der Waals surface area (Å²) in [6.45, 7) is 6.90. The fourth-order valence-corrected chi connectivity index (χ4v) is 2.21. The van der Waals surface area contributed by atoms with E-state index in [1.807, 2.05) is 19.1 Å². The van der Waals surface area contributed by atoms with Crippen LogP contribution in [0.15, 0.2) is 18.2 Å². The molecule has 0 heterocycles. The number of methoxy groups -OCH3 is 1. The van der Waals surface area contributed by atoms with E-state index in [1.54, 1.807) is 14.2 Å². The molecule has 0 spiro atoms. The van der Waals surface area contributed by atoms with Crippen LogP contribution in [0.25, 0.3) is 0 Å². The lowest BCUT2D eigenvalue weighted by molar-refractivity contribution is -0.123. The van der Waals surface area contributed by atoms with Gasteiger partial charge in [0.15, 0.2) is 0 Å². The molecule has 1 unspecified atom stereocenters. The number of carbonyl (C=O) groups is 1. The highest BCUT2D eigenvalue weighted by Gasteiger charge is 2.18. The van der Waals surface area contributed by atoms with Crippen LogP contribution in [-0.4, -0.2) is 26.1 Å². The summed E-state index contributed by atoms with van der Waals surface area (Å²) >= 11 is 0. The second kappa shape index (κ2) is 7.90. The molecule has 0 aliphatic carbocycles. The maximum atomic E-state index is 11.9. The maximum absolute atomic E-state index is 11.9. The Labute approximate surface area is 121 Å². The molecule has 2 N–H and O–H groups in total. The Morgan fingerprint density at radius 2 is 2.05 bits per heavy atom. The molecule has 1 aromatic rings. The average molecular weight is 278 g/mol. The molecular weight excluding hydrogens is 252 g/mol. The van der Waals surface area contributed by atoms with Gasteiger partial charge in [0.05, 0.1) is 13.2 Å². The summed E-state index contributed by atoms with van der Waals surface area (Å²) in [6, 6.07) is 5.89. The third kappa shape index (κ3) is 4.85. The van der Waals surface area contributed by atoms with Crippen LogP contribution < -0.4 is 15.4 Å². The molecule has 20 heavy (non-hydrogen) atoms. The zero-order valence-corrected chi connectivity index (χ0v) is 13.1. The number of amides is 1. The van der Waals surface area contributed by atoms with Crippen molar-refractivity contribution in [3.63, 3.8) is 0 Å². The Morgan fingerprint density at radius 3 is 2.60 bits per heavy atom. The first kappa shape index (κ1) is 16.5. The van der Waals surface area contributed by atoms with Crippen LogP contribution in [0.3, 0.4) is 0 Å². The minimum atomic E-state index is -0.176. The van der Waals surface area contributed by atoms with E-state index in [9.17, 15) is 4.79 Å². The monoisotopic (exact) mass is 278 g/mol. The quantitative estimate of drug-likeness (QED) is 0.804. The smallest absolute Gasteiger partial charge is 0.236 e. The van der Waals surface area contributed by atoms with Gasteiger partial charge in [0, 0.05) is 19.2 Å². The van der Waals surface area contributed by atoms with Crippen molar-refractivity contribution in [3.8, 4) is 5.75 Å². The van der Waals surface area contributed by atoms with Crippen molar-refractivity contribution in [3.05, 3.63) is 29.3 Å². The van der Waals surface area contributed by atoms with E-state index in [1.165, 1.54) is 5.56 Å². The molecule has 1 atom stereocenters. The first-order chi connectivity index (χ1) is 9.47. The van der Waals surface area contributed by atoms with Crippen LogP contribution in [0, 0.1) is 12.8 Å². The van der Waals surface area contributed by atoms with E-state index >= 15 is 0 Å². The molecule has 0 saturated heterocycles. The lowest BCUT2D eigenvalue weighted by Gasteiger charge is -2.20. The van der Waals surface area contributed by atoms with Gasteiger partial charge in [-0.05, 0) is 25.3 Å². The van der Waals surface area contributed by atoms with Crippen LogP contribution >= 0.6 is 0 Å². The second-order valence-corrected chi connectivity index (χ2v) is 5.49. The number of aryl methyl sites for hydroxylation is 1. The van der Waals surface area contributed by atoms with Gasteiger partial charge in [-0.25, -0.2) is 0 Å². The minimum Gasteiger partial charge on any atom is -0.496 e. The van der Waals surface area contributed by atoms with E-state index in [-0.39, 0.29) is 11.9 Å². The summed E-state index contributed by atoms with van der Waals surface area (Å²) in [7, 11) is 3.34. The predicted octanol–water partition coefficient (Wildman–Crippen LogP) is 2.25. The molecule has 0 aliphatic heterocycles. The number of hydrogen-bond acceptors (Lipinski definition) is 3. The highest BCUT2D eigenvalue weighted by Crippen LogP contribution is 2.19. The Hall–Kier alpha value is -1.55. The van der Waals surface area contributed by atoms with Crippen LogP contribution in [0.2, 0.25) is 0 Å². The van der Waals surface area contributed by atoms with Gasteiger partial charge in [-0.2, -0.15) is 0 Å². The van der Waals surface area contributed by atoms with Crippen molar-refractivity contribution < 1.29 is 9.53 Å². The molecule has 4 heteroatoms. The number of hydrogen-bond donors (Lipinski definition) is 2. The molecule has 1 aromatic carbocycles.